The SMILES string of the molecule is C=C(C)C(=O)C(C)CCCCCN(CCCN(C)C(=O)C(=C)C)C(=O)C(=C)C. The van der Waals surface area contributed by atoms with Gasteiger partial charge in [0.15, 0.2) is 5.78 Å². The molecule has 1 atom stereocenters. The van der Waals surface area contributed by atoms with Crippen LogP contribution in [0, 0.1) is 5.92 Å². The van der Waals surface area contributed by atoms with Crippen molar-refractivity contribution in [2.75, 3.05) is 26.7 Å². The van der Waals surface area contributed by atoms with E-state index in [9.17, 15) is 14.4 Å². The molecule has 0 saturated heterocycles. The van der Waals surface area contributed by atoms with Crippen LogP contribution in [-0.4, -0.2) is 54.1 Å². The largest absolute Gasteiger partial charge is 0.342 e. The topological polar surface area (TPSA) is 57.7 Å². The molecule has 0 spiro atoms. The summed E-state index contributed by atoms with van der Waals surface area (Å²) in [7, 11) is 1.75. The molecule has 0 aliphatic rings. The van der Waals surface area contributed by atoms with Crippen molar-refractivity contribution < 1.29 is 14.4 Å². The minimum absolute atomic E-state index is 0.00652. The van der Waals surface area contributed by atoms with Gasteiger partial charge in [0.25, 0.3) is 0 Å². The zero-order valence-corrected chi connectivity index (χ0v) is 18.5. The van der Waals surface area contributed by atoms with E-state index in [1.807, 2.05) is 11.8 Å². The Bertz CT molecular complexity index is 607. The molecule has 0 N–H and O–H groups in total. The van der Waals surface area contributed by atoms with Crippen LogP contribution in [0.2, 0.25) is 0 Å². The van der Waals surface area contributed by atoms with E-state index in [0.717, 1.165) is 25.7 Å². The average molecular weight is 391 g/mol. The molecule has 0 aliphatic carbocycles. The second kappa shape index (κ2) is 13.1. The number of hydrogen-bond acceptors (Lipinski definition) is 3. The predicted octanol–water partition coefficient (Wildman–Crippen LogP) is 4.16. The highest BCUT2D eigenvalue weighted by Gasteiger charge is 2.16. The Morgan fingerprint density at radius 1 is 0.750 bits per heavy atom. The highest BCUT2D eigenvalue weighted by molar-refractivity contribution is 5.95. The second-order valence-corrected chi connectivity index (χ2v) is 7.83. The minimum atomic E-state index is -0.0730. The molecule has 158 valence electrons. The normalized spacial score (nSPS) is 11.5. The van der Waals surface area contributed by atoms with E-state index in [4.69, 9.17) is 0 Å². The van der Waals surface area contributed by atoms with Crippen molar-refractivity contribution >= 4 is 17.6 Å². The van der Waals surface area contributed by atoms with Gasteiger partial charge in [-0.05, 0) is 45.6 Å². The fraction of sp³-hybridized carbons (Fsp3) is 0.609. The van der Waals surface area contributed by atoms with E-state index in [0.29, 0.717) is 42.8 Å². The molecule has 0 aromatic carbocycles. The zero-order valence-electron chi connectivity index (χ0n) is 18.5. The molecule has 0 bridgehead atoms. The highest BCUT2D eigenvalue weighted by Crippen LogP contribution is 2.14. The number of unbranched alkanes of at least 4 members (excludes halogenated alkanes) is 2. The smallest absolute Gasteiger partial charge is 0.248 e. The Morgan fingerprint density at radius 2 is 1.29 bits per heavy atom. The summed E-state index contributed by atoms with van der Waals surface area (Å²) in [6.07, 6.45) is 4.34. The Balaban J connectivity index is 4.40. The summed E-state index contributed by atoms with van der Waals surface area (Å²) >= 11 is 0. The molecule has 0 fully saturated rings. The van der Waals surface area contributed by atoms with Crippen molar-refractivity contribution in [1.29, 1.82) is 0 Å². The summed E-state index contributed by atoms with van der Waals surface area (Å²) in [6.45, 7) is 20.1. The van der Waals surface area contributed by atoms with Crippen molar-refractivity contribution in [3.8, 4) is 0 Å². The summed E-state index contributed by atoms with van der Waals surface area (Å²) in [5, 5.41) is 0. The lowest BCUT2D eigenvalue weighted by Crippen LogP contribution is -2.36. The van der Waals surface area contributed by atoms with Crippen molar-refractivity contribution in [2.45, 2.75) is 59.8 Å². The Kier molecular flexibility index (Phi) is 12.1. The lowest BCUT2D eigenvalue weighted by atomic mass is 9.95. The van der Waals surface area contributed by atoms with E-state index >= 15 is 0 Å². The molecule has 5 nitrogen and oxygen atoms in total. The van der Waals surface area contributed by atoms with Crippen molar-refractivity contribution in [3.05, 3.63) is 36.5 Å². The number of allylic oxidation sites excluding steroid dienone is 1. The van der Waals surface area contributed by atoms with Gasteiger partial charge in [0.2, 0.25) is 11.8 Å². The third kappa shape index (κ3) is 9.67. The first-order valence-electron chi connectivity index (χ1n) is 10.0. The molecule has 5 heteroatoms. The molecule has 0 aromatic rings. The molecule has 0 aliphatic heterocycles. The highest BCUT2D eigenvalue weighted by atomic mass is 16.2. The fourth-order valence-corrected chi connectivity index (χ4v) is 2.99. The zero-order chi connectivity index (χ0) is 21.9. The van der Waals surface area contributed by atoms with Gasteiger partial charge in [-0.3, -0.25) is 14.4 Å². The van der Waals surface area contributed by atoms with E-state index in [2.05, 4.69) is 19.7 Å². The Hall–Kier alpha value is -2.17. The lowest BCUT2D eigenvalue weighted by Gasteiger charge is -2.25. The molecule has 1 unspecified atom stereocenters. The monoisotopic (exact) mass is 390 g/mol. The average Bonchev–Trinajstić information content (AvgIpc) is 2.63. The summed E-state index contributed by atoms with van der Waals surface area (Å²) in [5.74, 6) is 0.0236. The number of ketones is 1. The molecule has 28 heavy (non-hydrogen) atoms. The van der Waals surface area contributed by atoms with Gasteiger partial charge < -0.3 is 9.80 Å². The molecular formula is C23H38N2O3. The van der Waals surface area contributed by atoms with Gasteiger partial charge in [0.05, 0.1) is 0 Å². The first-order valence-corrected chi connectivity index (χ1v) is 10.0. The van der Waals surface area contributed by atoms with Gasteiger partial charge in [-0.1, -0.05) is 39.5 Å². The van der Waals surface area contributed by atoms with Crippen LogP contribution in [0.1, 0.15) is 59.8 Å². The van der Waals surface area contributed by atoms with Gasteiger partial charge in [-0.15, -0.1) is 0 Å². The maximum absolute atomic E-state index is 12.4. The Morgan fingerprint density at radius 3 is 1.79 bits per heavy atom. The van der Waals surface area contributed by atoms with Crippen LogP contribution in [0.4, 0.5) is 0 Å². The van der Waals surface area contributed by atoms with Crippen LogP contribution in [0.3, 0.4) is 0 Å². The van der Waals surface area contributed by atoms with Crippen LogP contribution in [0.5, 0.6) is 0 Å². The number of rotatable bonds is 14. The summed E-state index contributed by atoms with van der Waals surface area (Å²) in [6, 6.07) is 0. The first-order chi connectivity index (χ1) is 13.0. The van der Waals surface area contributed by atoms with Crippen LogP contribution in [-0.2, 0) is 14.4 Å². The predicted molar refractivity (Wildman–Crippen MR) is 116 cm³/mol. The molecule has 0 heterocycles. The number of amides is 2. The van der Waals surface area contributed by atoms with Crippen LogP contribution in [0.25, 0.3) is 0 Å². The number of Topliss-reactive ketones (excluding diaryl/α,β-unsaturated/α-hetero) is 1. The quantitative estimate of drug-likeness (QED) is 0.331. The number of hydrogen-bond donors (Lipinski definition) is 0. The third-order valence-electron chi connectivity index (χ3n) is 4.72. The summed E-state index contributed by atoms with van der Waals surface area (Å²) in [5.41, 5.74) is 1.64. The van der Waals surface area contributed by atoms with E-state index in [-0.39, 0.29) is 23.5 Å². The molecule has 0 saturated carbocycles. The second-order valence-electron chi connectivity index (χ2n) is 7.83. The van der Waals surface area contributed by atoms with Gasteiger partial charge in [-0.25, -0.2) is 0 Å². The minimum Gasteiger partial charge on any atom is -0.342 e. The number of likely N-dealkylation sites (N-methyl/N-ethyl adjacent to an activating group) is 1. The molecular weight excluding hydrogens is 352 g/mol. The van der Waals surface area contributed by atoms with E-state index in [1.54, 1.807) is 32.7 Å². The van der Waals surface area contributed by atoms with E-state index in [1.165, 1.54) is 0 Å². The van der Waals surface area contributed by atoms with Crippen LogP contribution < -0.4 is 0 Å². The van der Waals surface area contributed by atoms with Gasteiger partial charge in [0, 0.05) is 43.7 Å². The van der Waals surface area contributed by atoms with Crippen molar-refractivity contribution in [3.63, 3.8) is 0 Å². The van der Waals surface area contributed by atoms with E-state index < -0.39 is 0 Å². The summed E-state index contributed by atoms with van der Waals surface area (Å²) in [4.78, 5) is 39.5. The number of carbonyl (C=O) groups is 3. The fourth-order valence-electron chi connectivity index (χ4n) is 2.99. The Labute approximate surface area is 171 Å². The molecule has 0 radical (unpaired) electrons. The summed E-state index contributed by atoms with van der Waals surface area (Å²) < 4.78 is 0. The van der Waals surface area contributed by atoms with Gasteiger partial charge >= 0.3 is 0 Å². The van der Waals surface area contributed by atoms with Gasteiger partial charge in [-0.2, -0.15) is 0 Å². The first kappa shape index (κ1) is 25.8. The standard InChI is InChI=1S/C23H38N2O3/c1-17(2)21(26)20(7)13-10-9-11-15-25(23(28)19(5)6)16-12-14-24(8)22(27)18(3)4/h20H,1,3,5,9-16H2,2,4,6-8H3. The lowest BCUT2D eigenvalue weighted by molar-refractivity contribution is -0.127. The number of nitrogens with zero attached hydrogens (tertiary/aromatic N) is 2. The maximum Gasteiger partial charge on any atom is 0.248 e. The maximum atomic E-state index is 12.4. The van der Waals surface area contributed by atoms with Crippen LogP contribution in [0.15, 0.2) is 36.5 Å². The van der Waals surface area contributed by atoms with Crippen LogP contribution >= 0.6 is 0 Å². The number of carbonyl (C=O) groups excluding carboxylic acids is 3. The van der Waals surface area contributed by atoms with Crippen molar-refractivity contribution in [1.82, 2.24) is 9.80 Å². The molecule has 2 amide bonds. The molecule has 0 aromatic heterocycles. The van der Waals surface area contributed by atoms with Gasteiger partial charge in [0.1, 0.15) is 0 Å². The third-order valence-corrected chi connectivity index (χ3v) is 4.72. The van der Waals surface area contributed by atoms with Crippen molar-refractivity contribution in [2.24, 2.45) is 5.92 Å². The molecule has 0 rings (SSSR count).